The van der Waals surface area contributed by atoms with Gasteiger partial charge in [0.2, 0.25) is 5.91 Å². The molecule has 7 heteroatoms. The number of carbonyl (C=O) groups excluding carboxylic acids is 3. The van der Waals surface area contributed by atoms with Gasteiger partial charge in [0.1, 0.15) is 6.29 Å². The molecule has 0 heterocycles. The van der Waals surface area contributed by atoms with Crippen molar-refractivity contribution in [2.45, 2.75) is 39.2 Å². The van der Waals surface area contributed by atoms with E-state index < -0.39 is 12.1 Å². The van der Waals surface area contributed by atoms with Crippen molar-refractivity contribution in [2.75, 3.05) is 13.1 Å². The minimum atomic E-state index is -0.608. The Bertz CT molecular complexity index is 246. The molecule has 0 aliphatic carbocycles. The average molecular weight is 260 g/mol. The van der Waals surface area contributed by atoms with Gasteiger partial charge in [-0.2, -0.15) is 0 Å². The lowest BCUT2D eigenvalue weighted by Gasteiger charge is -2.11. The molecule has 0 aliphatic rings. The van der Waals surface area contributed by atoms with Gasteiger partial charge >= 0.3 is 6.03 Å². The van der Waals surface area contributed by atoms with Crippen LogP contribution in [0.4, 0.5) is 4.79 Å². The van der Waals surface area contributed by atoms with E-state index in [0.29, 0.717) is 25.7 Å². The number of nitrogens with one attached hydrogen (secondary N) is 2. The van der Waals surface area contributed by atoms with Crippen molar-refractivity contribution in [3.63, 3.8) is 0 Å². The SMILES string of the molecule is CCC.NCC(=O)NC(C=O)CCCNC(N)=O. The lowest BCUT2D eigenvalue weighted by atomic mass is 10.2. The van der Waals surface area contributed by atoms with Crippen molar-refractivity contribution in [1.29, 1.82) is 0 Å². The fourth-order valence-corrected chi connectivity index (χ4v) is 0.974. The van der Waals surface area contributed by atoms with Gasteiger partial charge in [0.05, 0.1) is 12.6 Å². The van der Waals surface area contributed by atoms with Crippen LogP contribution in [0, 0.1) is 0 Å². The number of amides is 3. The Morgan fingerprint density at radius 2 is 1.89 bits per heavy atom. The number of carbonyl (C=O) groups is 3. The highest BCUT2D eigenvalue weighted by atomic mass is 16.2. The highest BCUT2D eigenvalue weighted by Crippen LogP contribution is 1.93. The molecule has 1 unspecified atom stereocenters. The molecule has 1 atom stereocenters. The second kappa shape index (κ2) is 13.4. The fraction of sp³-hybridized carbons (Fsp3) is 0.727. The van der Waals surface area contributed by atoms with Crippen molar-refractivity contribution in [2.24, 2.45) is 11.5 Å². The Hall–Kier alpha value is -1.63. The molecule has 18 heavy (non-hydrogen) atoms. The van der Waals surface area contributed by atoms with Crippen LogP contribution >= 0.6 is 0 Å². The molecule has 0 bridgehead atoms. The standard InChI is InChI=1S/C8H16N4O3.C3H8/c9-4-7(14)12-6(5-13)2-1-3-11-8(10)15;1-3-2/h5-6H,1-4,9H2,(H,12,14)(H3,10,11,15);3H2,1-2H3. The molecule has 3 amide bonds. The van der Waals surface area contributed by atoms with Crippen molar-refractivity contribution >= 4 is 18.2 Å². The predicted molar refractivity (Wildman–Crippen MR) is 69.8 cm³/mol. The molecule has 0 aromatic heterocycles. The van der Waals surface area contributed by atoms with E-state index in [0.717, 1.165) is 0 Å². The third-order valence-corrected chi connectivity index (χ3v) is 1.69. The van der Waals surface area contributed by atoms with Crippen LogP contribution in [-0.2, 0) is 9.59 Å². The molecule has 0 spiro atoms. The molecular weight excluding hydrogens is 236 g/mol. The maximum atomic E-state index is 10.8. The average Bonchev–Trinajstić information content (AvgIpc) is 2.33. The maximum absolute atomic E-state index is 10.8. The van der Waals surface area contributed by atoms with Gasteiger partial charge in [0.25, 0.3) is 0 Å². The van der Waals surface area contributed by atoms with E-state index >= 15 is 0 Å². The zero-order valence-corrected chi connectivity index (χ0v) is 11.1. The van der Waals surface area contributed by atoms with Crippen molar-refractivity contribution in [3.05, 3.63) is 0 Å². The zero-order chi connectivity index (χ0) is 14.4. The summed E-state index contributed by atoms with van der Waals surface area (Å²) in [6.45, 7) is 4.47. The minimum absolute atomic E-state index is 0.149. The number of hydrogen-bond donors (Lipinski definition) is 4. The van der Waals surface area contributed by atoms with E-state index in [1.165, 1.54) is 6.42 Å². The molecule has 7 nitrogen and oxygen atoms in total. The maximum Gasteiger partial charge on any atom is 0.312 e. The Balaban J connectivity index is 0. The molecule has 0 rings (SSSR count). The van der Waals surface area contributed by atoms with Gasteiger partial charge in [-0.05, 0) is 12.8 Å². The summed E-state index contributed by atoms with van der Waals surface area (Å²) in [5, 5.41) is 4.81. The second-order valence-corrected chi connectivity index (χ2v) is 3.65. The minimum Gasteiger partial charge on any atom is -0.352 e. The number of aldehydes is 1. The molecule has 0 aromatic rings. The highest BCUT2D eigenvalue weighted by Gasteiger charge is 2.09. The molecule has 0 saturated heterocycles. The molecule has 0 saturated carbocycles. The summed E-state index contributed by atoms with van der Waals surface area (Å²) < 4.78 is 0. The number of hydrogen-bond acceptors (Lipinski definition) is 4. The molecule has 0 aliphatic heterocycles. The van der Waals surface area contributed by atoms with E-state index in [-0.39, 0.29) is 12.5 Å². The largest absolute Gasteiger partial charge is 0.352 e. The summed E-state index contributed by atoms with van der Waals surface area (Å²) in [7, 11) is 0. The number of primary amides is 1. The first-order valence-electron chi connectivity index (χ1n) is 5.99. The van der Waals surface area contributed by atoms with E-state index in [2.05, 4.69) is 24.5 Å². The summed E-state index contributed by atoms with van der Waals surface area (Å²) >= 11 is 0. The van der Waals surface area contributed by atoms with Crippen LogP contribution in [0.15, 0.2) is 0 Å². The Labute approximate surface area is 108 Å². The van der Waals surface area contributed by atoms with E-state index in [4.69, 9.17) is 11.5 Å². The summed E-state index contributed by atoms with van der Waals surface area (Å²) in [4.78, 5) is 31.6. The monoisotopic (exact) mass is 260 g/mol. The first-order valence-corrected chi connectivity index (χ1v) is 5.99. The van der Waals surface area contributed by atoms with Gasteiger partial charge < -0.3 is 26.9 Å². The summed E-state index contributed by atoms with van der Waals surface area (Å²) in [5.41, 5.74) is 9.91. The topological polar surface area (TPSA) is 127 Å². The highest BCUT2D eigenvalue weighted by molar-refractivity contribution is 5.81. The lowest BCUT2D eigenvalue weighted by molar-refractivity contribution is -0.122. The summed E-state index contributed by atoms with van der Waals surface area (Å²) in [6.07, 6.45) is 2.88. The van der Waals surface area contributed by atoms with Crippen LogP contribution in [0.25, 0.3) is 0 Å². The van der Waals surface area contributed by atoms with Gasteiger partial charge in [0, 0.05) is 6.54 Å². The van der Waals surface area contributed by atoms with Crippen LogP contribution in [0.5, 0.6) is 0 Å². The lowest BCUT2D eigenvalue weighted by Crippen LogP contribution is -2.40. The molecule has 0 fully saturated rings. The van der Waals surface area contributed by atoms with E-state index in [1.54, 1.807) is 0 Å². The first kappa shape index (κ1) is 18.7. The smallest absolute Gasteiger partial charge is 0.312 e. The molecule has 0 radical (unpaired) electrons. The number of urea groups is 1. The van der Waals surface area contributed by atoms with Gasteiger partial charge in [-0.1, -0.05) is 20.3 Å². The quantitative estimate of drug-likeness (QED) is 0.363. The van der Waals surface area contributed by atoms with Crippen molar-refractivity contribution in [3.8, 4) is 0 Å². The fourth-order valence-electron chi connectivity index (χ4n) is 0.974. The zero-order valence-electron chi connectivity index (χ0n) is 11.1. The van der Waals surface area contributed by atoms with Crippen LogP contribution in [0.3, 0.4) is 0 Å². The van der Waals surface area contributed by atoms with Crippen LogP contribution in [0.1, 0.15) is 33.1 Å². The Morgan fingerprint density at radius 3 is 2.28 bits per heavy atom. The van der Waals surface area contributed by atoms with Gasteiger partial charge in [0.15, 0.2) is 0 Å². The number of nitrogens with two attached hydrogens (primary N) is 2. The van der Waals surface area contributed by atoms with Crippen LogP contribution < -0.4 is 22.1 Å². The van der Waals surface area contributed by atoms with Gasteiger partial charge in [-0.25, -0.2) is 4.79 Å². The molecule has 6 N–H and O–H groups in total. The van der Waals surface area contributed by atoms with Crippen LogP contribution in [0.2, 0.25) is 0 Å². The van der Waals surface area contributed by atoms with Crippen molar-refractivity contribution < 1.29 is 14.4 Å². The van der Waals surface area contributed by atoms with Gasteiger partial charge in [-0.15, -0.1) is 0 Å². The third-order valence-electron chi connectivity index (χ3n) is 1.69. The van der Waals surface area contributed by atoms with Gasteiger partial charge in [-0.3, -0.25) is 4.79 Å². The van der Waals surface area contributed by atoms with Crippen molar-refractivity contribution in [1.82, 2.24) is 10.6 Å². The molecule has 106 valence electrons. The molecule has 0 aromatic carbocycles. The molecular formula is C11H24N4O3. The summed E-state index contributed by atoms with van der Waals surface area (Å²) in [6, 6.07) is -1.17. The number of rotatable bonds is 7. The summed E-state index contributed by atoms with van der Waals surface area (Å²) in [5.74, 6) is -0.380. The second-order valence-electron chi connectivity index (χ2n) is 3.65. The van der Waals surface area contributed by atoms with Crippen LogP contribution in [-0.4, -0.2) is 37.4 Å². The normalized spacial score (nSPS) is 10.6. The first-order chi connectivity index (χ1) is 8.51. The predicted octanol–water partition coefficient (Wildman–Crippen LogP) is -0.506. The van der Waals surface area contributed by atoms with E-state index in [9.17, 15) is 14.4 Å². The Kier molecular flexibility index (Phi) is 14.0. The Morgan fingerprint density at radius 1 is 1.33 bits per heavy atom. The third kappa shape index (κ3) is 14.4. The van der Waals surface area contributed by atoms with E-state index in [1.807, 2.05) is 0 Å².